The standard InChI is InChI=1S/C18H26Cl2N2.ClH/c1-2-3-4-5-6-7-10-21-11-12-22(15-21)14-16-8-9-17(19)18(20)13-16;/h8-9,11-13H,2-7,10,14-15H2,1H3;1H. The van der Waals surface area contributed by atoms with Gasteiger partial charge in [-0.15, -0.1) is 12.4 Å². The van der Waals surface area contributed by atoms with Crippen molar-refractivity contribution >= 4 is 35.6 Å². The molecule has 23 heavy (non-hydrogen) atoms. The Morgan fingerprint density at radius 1 is 0.913 bits per heavy atom. The summed E-state index contributed by atoms with van der Waals surface area (Å²) in [5.74, 6) is 0. The lowest BCUT2D eigenvalue weighted by molar-refractivity contribution is 0.256. The number of hydrogen-bond acceptors (Lipinski definition) is 2. The maximum Gasteiger partial charge on any atom is 0.0897 e. The van der Waals surface area contributed by atoms with Crippen LogP contribution in [0.3, 0.4) is 0 Å². The van der Waals surface area contributed by atoms with Gasteiger partial charge in [-0.1, -0.05) is 68.3 Å². The Balaban J connectivity index is 0.00000264. The van der Waals surface area contributed by atoms with Gasteiger partial charge in [0.05, 0.1) is 16.7 Å². The number of benzene rings is 1. The highest BCUT2D eigenvalue weighted by Gasteiger charge is 2.12. The average Bonchev–Trinajstić information content (AvgIpc) is 2.94. The van der Waals surface area contributed by atoms with E-state index in [0.717, 1.165) is 19.8 Å². The summed E-state index contributed by atoms with van der Waals surface area (Å²) in [7, 11) is 0. The monoisotopic (exact) mass is 376 g/mol. The van der Waals surface area contributed by atoms with Crippen LogP contribution in [0.1, 0.15) is 51.0 Å². The summed E-state index contributed by atoms with van der Waals surface area (Å²) < 4.78 is 0. The average molecular weight is 378 g/mol. The Morgan fingerprint density at radius 2 is 1.61 bits per heavy atom. The van der Waals surface area contributed by atoms with Gasteiger partial charge in [0.25, 0.3) is 0 Å². The van der Waals surface area contributed by atoms with Crippen LogP contribution in [-0.2, 0) is 6.54 Å². The molecule has 0 atom stereocenters. The third-order valence-electron chi connectivity index (χ3n) is 4.02. The molecule has 0 aliphatic carbocycles. The molecule has 1 aliphatic rings. The summed E-state index contributed by atoms with van der Waals surface area (Å²) in [4.78, 5) is 4.69. The van der Waals surface area contributed by atoms with Crippen molar-refractivity contribution in [3.8, 4) is 0 Å². The highest BCUT2D eigenvalue weighted by Crippen LogP contribution is 2.24. The van der Waals surface area contributed by atoms with E-state index < -0.39 is 0 Å². The molecule has 2 nitrogen and oxygen atoms in total. The van der Waals surface area contributed by atoms with Crippen LogP contribution < -0.4 is 0 Å². The molecule has 0 radical (unpaired) electrons. The minimum absolute atomic E-state index is 0. The summed E-state index contributed by atoms with van der Waals surface area (Å²) in [6.45, 7) is 5.26. The van der Waals surface area contributed by atoms with Gasteiger partial charge in [0.2, 0.25) is 0 Å². The SMILES string of the molecule is CCCCCCCCN1C=CN(Cc2ccc(Cl)c(Cl)c2)C1.Cl. The minimum Gasteiger partial charge on any atom is -0.359 e. The van der Waals surface area contributed by atoms with Crippen molar-refractivity contribution in [2.75, 3.05) is 13.2 Å². The van der Waals surface area contributed by atoms with Crippen molar-refractivity contribution in [1.29, 1.82) is 0 Å². The molecule has 1 aliphatic heterocycles. The molecule has 2 rings (SSSR count). The molecule has 1 aromatic carbocycles. The Kier molecular flexibility index (Phi) is 9.85. The van der Waals surface area contributed by atoms with Crippen molar-refractivity contribution in [2.24, 2.45) is 0 Å². The van der Waals surface area contributed by atoms with Crippen LogP contribution in [0.25, 0.3) is 0 Å². The lowest BCUT2D eigenvalue weighted by Crippen LogP contribution is -2.25. The minimum atomic E-state index is 0. The molecule has 5 heteroatoms. The lowest BCUT2D eigenvalue weighted by Gasteiger charge is -2.21. The van der Waals surface area contributed by atoms with E-state index in [1.54, 1.807) is 0 Å². The van der Waals surface area contributed by atoms with E-state index >= 15 is 0 Å². The zero-order valence-corrected chi connectivity index (χ0v) is 16.1. The van der Waals surface area contributed by atoms with Gasteiger partial charge in [0, 0.05) is 25.5 Å². The molecule has 0 spiro atoms. The van der Waals surface area contributed by atoms with Gasteiger partial charge in [0.1, 0.15) is 0 Å². The van der Waals surface area contributed by atoms with Crippen LogP contribution in [-0.4, -0.2) is 23.0 Å². The Hall–Kier alpha value is -0.570. The topological polar surface area (TPSA) is 6.48 Å². The molecule has 0 aromatic heterocycles. The van der Waals surface area contributed by atoms with E-state index in [2.05, 4.69) is 29.1 Å². The van der Waals surface area contributed by atoms with Gasteiger partial charge >= 0.3 is 0 Å². The van der Waals surface area contributed by atoms with E-state index in [1.165, 1.54) is 44.1 Å². The first-order valence-electron chi connectivity index (χ1n) is 8.29. The van der Waals surface area contributed by atoms with Crippen molar-refractivity contribution in [3.63, 3.8) is 0 Å². The largest absolute Gasteiger partial charge is 0.359 e. The van der Waals surface area contributed by atoms with Gasteiger partial charge in [-0.05, 0) is 24.1 Å². The molecule has 0 saturated heterocycles. The van der Waals surface area contributed by atoms with Crippen LogP contribution in [0.4, 0.5) is 0 Å². The predicted molar refractivity (Wildman–Crippen MR) is 103 cm³/mol. The third-order valence-corrected chi connectivity index (χ3v) is 4.76. The first-order valence-corrected chi connectivity index (χ1v) is 9.05. The highest BCUT2D eigenvalue weighted by atomic mass is 35.5. The maximum absolute atomic E-state index is 6.07. The van der Waals surface area contributed by atoms with Crippen molar-refractivity contribution in [2.45, 2.75) is 52.0 Å². The number of nitrogens with zero attached hydrogens (tertiary/aromatic N) is 2. The van der Waals surface area contributed by atoms with Gasteiger partial charge < -0.3 is 9.80 Å². The quantitative estimate of drug-likeness (QED) is 0.464. The molecule has 0 N–H and O–H groups in total. The Labute approximate surface area is 156 Å². The fourth-order valence-electron chi connectivity index (χ4n) is 2.73. The number of unbranched alkanes of at least 4 members (excludes halogenated alkanes) is 5. The zero-order chi connectivity index (χ0) is 15.8. The number of rotatable bonds is 9. The third kappa shape index (κ3) is 7.24. The molecule has 0 saturated carbocycles. The lowest BCUT2D eigenvalue weighted by atomic mass is 10.1. The van der Waals surface area contributed by atoms with Gasteiger partial charge in [-0.3, -0.25) is 0 Å². The van der Waals surface area contributed by atoms with E-state index in [1.807, 2.05) is 18.2 Å². The maximum atomic E-state index is 6.07. The fourth-order valence-corrected chi connectivity index (χ4v) is 3.05. The smallest absolute Gasteiger partial charge is 0.0897 e. The van der Waals surface area contributed by atoms with Crippen molar-refractivity contribution < 1.29 is 0 Å². The molecule has 1 heterocycles. The van der Waals surface area contributed by atoms with Crippen molar-refractivity contribution in [3.05, 3.63) is 46.2 Å². The molecule has 0 unspecified atom stereocenters. The summed E-state index contributed by atoms with van der Waals surface area (Å²) in [6, 6.07) is 5.86. The van der Waals surface area contributed by atoms with E-state index in [0.29, 0.717) is 10.0 Å². The predicted octanol–water partition coefficient (Wildman–Crippen LogP) is 6.32. The molecule has 0 amide bonds. The first-order chi connectivity index (χ1) is 10.7. The molecule has 0 fully saturated rings. The van der Waals surface area contributed by atoms with E-state index in [9.17, 15) is 0 Å². The summed E-state index contributed by atoms with van der Waals surface area (Å²) in [5, 5.41) is 1.25. The molecular weight excluding hydrogens is 351 g/mol. The summed E-state index contributed by atoms with van der Waals surface area (Å²) >= 11 is 12.0. The second-order valence-electron chi connectivity index (χ2n) is 6.02. The number of hydrogen-bond donors (Lipinski definition) is 0. The number of halogens is 3. The van der Waals surface area contributed by atoms with Crippen LogP contribution in [0, 0.1) is 0 Å². The zero-order valence-electron chi connectivity index (χ0n) is 13.8. The molecule has 130 valence electrons. The van der Waals surface area contributed by atoms with Gasteiger partial charge in [-0.25, -0.2) is 0 Å². The summed E-state index contributed by atoms with van der Waals surface area (Å²) in [6.07, 6.45) is 12.4. The van der Waals surface area contributed by atoms with E-state index in [4.69, 9.17) is 23.2 Å². The normalized spacial score (nSPS) is 13.5. The van der Waals surface area contributed by atoms with Crippen LogP contribution in [0.15, 0.2) is 30.6 Å². The second kappa shape index (κ2) is 11.1. The summed E-state index contributed by atoms with van der Waals surface area (Å²) in [5.41, 5.74) is 1.19. The molecule has 0 bridgehead atoms. The Morgan fingerprint density at radius 3 is 2.35 bits per heavy atom. The fraction of sp³-hybridized carbons (Fsp3) is 0.556. The molecule has 1 aromatic rings. The van der Waals surface area contributed by atoms with Crippen molar-refractivity contribution in [1.82, 2.24) is 9.80 Å². The second-order valence-corrected chi connectivity index (χ2v) is 6.83. The first kappa shape index (κ1) is 20.5. The Bertz CT molecular complexity index is 491. The van der Waals surface area contributed by atoms with Gasteiger partial charge in [0.15, 0.2) is 0 Å². The van der Waals surface area contributed by atoms with Crippen LogP contribution in [0.2, 0.25) is 10.0 Å². The molecular formula is C18H27Cl3N2. The van der Waals surface area contributed by atoms with E-state index in [-0.39, 0.29) is 12.4 Å². The van der Waals surface area contributed by atoms with Gasteiger partial charge in [-0.2, -0.15) is 0 Å². The van der Waals surface area contributed by atoms with Crippen LogP contribution >= 0.6 is 35.6 Å². The van der Waals surface area contributed by atoms with Crippen LogP contribution in [0.5, 0.6) is 0 Å². The highest BCUT2D eigenvalue weighted by molar-refractivity contribution is 6.42.